The van der Waals surface area contributed by atoms with Crippen molar-refractivity contribution in [2.24, 2.45) is 0 Å². The van der Waals surface area contributed by atoms with E-state index in [0.29, 0.717) is 16.0 Å². The van der Waals surface area contributed by atoms with Gasteiger partial charge in [-0.05, 0) is 37.1 Å². The zero-order valence-corrected chi connectivity index (χ0v) is 12.6. The SMILES string of the molecule is CCc1ccc(C(=O)/C=C/c2ccc(C)c([N+](=O)[O-])c2)s1. The van der Waals surface area contributed by atoms with Gasteiger partial charge in [-0.3, -0.25) is 14.9 Å². The lowest BCUT2D eigenvalue weighted by Crippen LogP contribution is -1.92. The van der Waals surface area contributed by atoms with E-state index in [4.69, 9.17) is 0 Å². The molecule has 0 fully saturated rings. The molecule has 0 unspecified atom stereocenters. The van der Waals surface area contributed by atoms with Crippen LogP contribution in [-0.2, 0) is 6.42 Å². The number of allylic oxidation sites excluding steroid dienone is 1. The Hall–Kier alpha value is -2.27. The van der Waals surface area contributed by atoms with Gasteiger partial charge in [0.2, 0.25) is 0 Å². The van der Waals surface area contributed by atoms with Gasteiger partial charge in [0.1, 0.15) is 0 Å². The van der Waals surface area contributed by atoms with Crippen molar-refractivity contribution in [2.45, 2.75) is 20.3 Å². The number of carbonyl (C=O) groups excluding carboxylic acids is 1. The number of rotatable bonds is 5. The van der Waals surface area contributed by atoms with E-state index in [-0.39, 0.29) is 11.5 Å². The largest absolute Gasteiger partial charge is 0.288 e. The number of thiophene rings is 1. The fourth-order valence-corrected chi connectivity index (χ4v) is 2.75. The van der Waals surface area contributed by atoms with Gasteiger partial charge in [-0.1, -0.05) is 25.1 Å². The summed E-state index contributed by atoms with van der Waals surface area (Å²) in [5.74, 6) is -0.0806. The highest BCUT2D eigenvalue weighted by Gasteiger charge is 2.10. The van der Waals surface area contributed by atoms with Gasteiger partial charge in [-0.15, -0.1) is 11.3 Å². The number of nitro benzene ring substituents is 1. The highest BCUT2D eigenvalue weighted by atomic mass is 32.1. The van der Waals surface area contributed by atoms with Crippen LogP contribution in [-0.4, -0.2) is 10.7 Å². The van der Waals surface area contributed by atoms with Crippen LogP contribution in [0.2, 0.25) is 0 Å². The summed E-state index contributed by atoms with van der Waals surface area (Å²) in [5.41, 5.74) is 1.32. The molecular formula is C16H15NO3S. The number of nitro groups is 1. The number of ketones is 1. The molecule has 0 N–H and O–H groups in total. The summed E-state index contributed by atoms with van der Waals surface area (Å²) in [6, 6.07) is 8.68. The maximum atomic E-state index is 12.0. The lowest BCUT2D eigenvalue weighted by Gasteiger charge is -1.98. The van der Waals surface area contributed by atoms with Crippen molar-refractivity contribution >= 4 is 28.9 Å². The monoisotopic (exact) mass is 301 g/mol. The van der Waals surface area contributed by atoms with Gasteiger partial charge in [0, 0.05) is 16.5 Å². The van der Waals surface area contributed by atoms with E-state index in [1.54, 1.807) is 25.1 Å². The van der Waals surface area contributed by atoms with Crippen LogP contribution in [0.15, 0.2) is 36.4 Å². The maximum absolute atomic E-state index is 12.0. The highest BCUT2D eigenvalue weighted by Crippen LogP contribution is 2.21. The molecule has 0 aliphatic rings. The Balaban J connectivity index is 2.19. The first-order valence-electron chi connectivity index (χ1n) is 6.57. The van der Waals surface area contributed by atoms with Crippen molar-refractivity contribution < 1.29 is 9.72 Å². The molecule has 0 spiro atoms. The van der Waals surface area contributed by atoms with Gasteiger partial charge in [0.15, 0.2) is 5.78 Å². The highest BCUT2D eigenvalue weighted by molar-refractivity contribution is 7.14. The minimum absolute atomic E-state index is 0.0639. The molecule has 1 aromatic heterocycles. The van der Waals surface area contributed by atoms with E-state index >= 15 is 0 Å². The molecule has 5 heteroatoms. The molecule has 2 rings (SSSR count). The lowest BCUT2D eigenvalue weighted by atomic mass is 10.1. The summed E-state index contributed by atoms with van der Waals surface area (Å²) >= 11 is 1.48. The van der Waals surface area contributed by atoms with Crippen molar-refractivity contribution in [1.29, 1.82) is 0 Å². The number of benzene rings is 1. The quantitative estimate of drug-likeness (QED) is 0.355. The minimum atomic E-state index is -0.415. The van der Waals surface area contributed by atoms with Crippen LogP contribution in [0, 0.1) is 17.0 Å². The average Bonchev–Trinajstić information content (AvgIpc) is 2.94. The molecule has 0 aliphatic heterocycles. The molecule has 0 bridgehead atoms. The summed E-state index contributed by atoms with van der Waals surface area (Å²) in [6.45, 7) is 3.73. The predicted octanol–water partition coefficient (Wildman–Crippen LogP) is 4.42. The van der Waals surface area contributed by atoms with Crippen LogP contribution >= 0.6 is 11.3 Å². The Labute approximate surface area is 126 Å². The molecule has 0 amide bonds. The van der Waals surface area contributed by atoms with Crippen LogP contribution in [0.4, 0.5) is 5.69 Å². The summed E-state index contributed by atoms with van der Waals surface area (Å²) in [6.07, 6.45) is 3.98. The molecule has 4 nitrogen and oxygen atoms in total. The van der Waals surface area contributed by atoms with Crippen LogP contribution in [0.5, 0.6) is 0 Å². The molecule has 0 atom stereocenters. The number of hydrogen-bond donors (Lipinski definition) is 0. The Morgan fingerprint density at radius 1 is 1.33 bits per heavy atom. The Kier molecular flexibility index (Phi) is 4.65. The molecule has 0 aliphatic carbocycles. The standard InChI is InChI=1S/C16H15NO3S/c1-3-13-7-9-16(21-13)15(18)8-6-12-5-4-11(2)14(10-12)17(19)20/h4-10H,3H2,1-2H3/b8-6+. The molecule has 0 radical (unpaired) electrons. The second-order valence-electron chi connectivity index (χ2n) is 4.62. The predicted molar refractivity (Wildman–Crippen MR) is 84.9 cm³/mol. The Morgan fingerprint density at radius 3 is 2.71 bits per heavy atom. The van der Waals surface area contributed by atoms with Gasteiger partial charge in [-0.2, -0.15) is 0 Å². The third-order valence-electron chi connectivity index (χ3n) is 3.11. The fraction of sp³-hybridized carbons (Fsp3) is 0.188. The first-order chi connectivity index (χ1) is 10.0. The van der Waals surface area contributed by atoms with Crippen molar-refractivity contribution in [3.63, 3.8) is 0 Å². The average molecular weight is 301 g/mol. The van der Waals surface area contributed by atoms with E-state index in [1.807, 2.05) is 19.1 Å². The van der Waals surface area contributed by atoms with Crippen molar-refractivity contribution in [3.05, 3.63) is 67.4 Å². The number of carbonyl (C=O) groups is 1. The molecule has 21 heavy (non-hydrogen) atoms. The fourth-order valence-electron chi connectivity index (χ4n) is 1.88. The second-order valence-corrected chi connectivity index (χ2v) is 5.79. The summed E-state index contributed by atoms with van der Waals surface area (Å²) < 4.78 is 0. The van der Waals surface area contributed by atoms with Crippen LogP contribution in [0.1, 0.15) is 32.6 Å². The van der Waals surface area contributed by atoms with E-state index in [0.717, 1.165) is 11.3 Å². The van der Waals surface area contributed by atoms with Crippen LogP contribution in [0.3, 0.4) is 0 Å². The smallest absolute Gasteiger partial charge is 0.272 e. The molecule has 2 aromatic rings. The normalized spacial score (nSPS) is 11.0. The van der Waals surface area contributed by atoms with Crippen molar-refractivity contribution in [3.8, 4) is 0 Å². The minimum Gasteiger partial charge on any atom is -0.288 e. The van der Waals surface area contributed by atoms with Gasteiger partial charge in [-0.25, -0.2) is 0 Å². The topological polar surface area (TPSA) is 60.2 Å². The molecule has 0 saturated heterocycles. The Bertz CT molecular complexity index is 716. The van der Waals surface area contributed by atoms with Gasteiger partial charge in [0.25, 0.3) is 5.69 Å². The van der Waals surface area contributed by atoms with Crippen LogP contribution < -0.4 is 0 Å². The van der Waals surface area contributed by atoms with Gasteiger partial charge >= 0.3 is 0 Å². The molecule has 1 heterocycles. The van der Waals surface area contributed by atoms with Crippen LogP contribution in [0.25, 0.3) is 6.08 Å². The number of hydrogen-bond acceptors (Lipinski definition) is 4. The van der Waals surface area contributed by atoms with E-state index in [2.05, 4.69) is 0 Å². The number of aryl methyl sites for hydroxylation is 2. The molecule has 1 aromatic carbocycles. The van der Waals surface area contributed by atoms with Gasteiger partial charge < -0.3 is 0 Å². The first-order valence-corrected chi connectivity index (χ1v) is 7.39. The maximum Gasteiger partial charge on any atom is 0.272 e. The van der Waals surface area contributed by atoms with E-state index < -0.39 is 4.92 Å². The summed E-state index contributed by atoms with van der Waals surface area (Å²) in [4.78, 5) is 24.3. The Morgan fingerprint density at radius 2 is 2.10 bits per heavy atom. The second kappa shape index (κ2) is 6.45. The van der Waals surface area contributed by atoms with Crippen molar-refractivity contribution in [2.75, 3.05) is 0 Å². The molecule has 108 valence electrons. The van der Waals surface area contributed by atoms with E-state index in [9.17, 15) is 14.9 Å². The third-order valence-corrected chi connectivity index (χ3v) is 4.35. The lowest BCUT2D eigenvalue weighted by molar-refractivity contribution is -0.385. The zero-order chi connectivity index (χ0) is 15.4. The third kappa shape index (κ3) is 3.64. The van der Waals surface area contributed by atoms with E-state index in [1.165, 1.54) is 23.5 Å². The summed E-state index contributed by atoms with van der Waals surface area (Å²) in [5, 5.41) is 10.9. The van der Waals surface area contributed by atoms with Crippen molar-refractivity contribution in [1.82, 2.24) is 0 Å². The molecule has 0 saturated carbocycles. The summed E-state index contributed by atoms with van der Waals surface area (Å²) in [7, 11) is 0. The zero-order valence-electron chi connectivity index (χ0n) is 11.8. The molecular weight excluding hydrogens is 286 g/mol. The first kappa shape index (κ1) is 15.1. The van der Waals surface area contributed by atoms with Gasteiger partial charge in [0.05, 0.1) is 9.80 Å². The number of nitrogens with zero attached hydrogens (tertiary/aromatic N) is 1.